The minimum Gasteiger partial charge on any atom is -0.497 e. The third-order valence-electron chi connectivity index (χ3n) is 5.28. The third-order valence-corrected chi connectivity index (χ3v) is 5.28. The van der Waals surface area contributed by atoms with Gasteiger partial charge in [0.1, 0.15) is 23.3 Å². The summed E-state index contributed by atoms with van der Waals surface area (Å²) in [5.41, 5.74) is 1.48. The molecule has 0 unspecified atom stereocenters. The molecule has 1 aliphatic heterocycles. The third kappa shape index (κ3) is 4.56. The summed E-state index contributed by atoms with van der Waals surface area (Å²) in [5.74, 6) is 1.08. The van der Waals surface area contributed by atoms with Gasteiger partial charge in [-0.15, -0.1) is 0 Å². The monoisotopic (exact) mass is 423 g/mol. The maximum atomic E-state index is 12.9. The van der Waals surface area contributed by atoms with Crippen LogP contribution in [0.1, 0.15) is 13.8 Å². The van der Waals surface area contributed by atoms with Crippen molar-refractivity contribution in [2.24, 2.45) is 0 Å². The lowest BCUT2D eigenvalue weighted by Crippen LogP contribution is -2.49. The summed E-state index contributed by atoms with van der Waals surface area (Å²) in [7, 11) is 1.59. The summed E-state index contributed by atoms with van der Waals surface area (Å²) >= 11 is 0. The van der Waals surface area contributed by atoms with Gasteiger partial charge >= 0.3 is 0 Å². The molecule has 0 radical (unpaired) electrons. The molecule has 1 amide bonds. The average Bonchev–Trinajstić information content (AvgIpc) is 2.77. The van der Waals surface area contributed by atoms with Crippen LogP contribution in [0, 0.1) is 0 Å². The molecule has 1 fully saturated rings. The number of hydrogen-bond donors (Lipinski definition) is 0. The van der Waals surface area contributed by atoms with E-state index in [1.54, 1.807) is 42.3 Å². The second kappa shape index (κ2) is 8.81. The quantitative estimate of drug-likeness (QED) is 0.625. The van der Waals surface area contributed by atoms with Crippen molar-refractivity contribution in [3.63, 3.8) is 0 Å². The molecule has 0 saturated carbocycles. The van der Waals surface area contributed by atoms with Gasteiger partial charge in [0.15, 0.2) is 12.0 Å². The number of carbonyl (C=O) groups excluding carboxylic acids is 1. The first-order valence-corrected chi connectivity index (χ1v) is 10.2. The highest BCUT2D eigenvalue weighted by Gasteiger charge is 2.26. The number of carbonyl (C=O) groups is 1. The number of ether oxygens (including phenoxy) is 3. The largest absolute Gasteiger partial charge is 0.497 e. The van der Waals surface area contributed by atoms with Gasteiger partial charge in [-0.1, -0.05) is 12.1 Å². The Morgan fingerprint density at radius 3 is 2.42 bits per heavy atom. The van der Waals surface area contributed by atoms with Crippen LogP contribution in [0.4, 0.5) is 0 Å². The van der Waals surface area contributed by atoms with Gasteiger partial charge in [-0.05, 0) is 43.7 Å². The molecule has 162 valence electrons. The van der Waals surface area contributed by atoms with Crippen molar-refractivity contribution < 1.29 is 23.4 Å². The van der Waals surface area contributed by atoms with Gasteiger partial charge in [-0.3, -0.25) is 9.59 Å². The summed E-state index contributed by atoms with van der Waals surface area (Å²) in [6.45, 7) is 4.91. The highest BCUT2D eigenvalue weighted by Crippen LogP contribution is 2.24. The first kappa shape index (κ1) is 20.9. The van der Waals surface area contributed by atoms with E-state index in [0.717, 1.165) is 5.56 Å². The van der Waals surface area contributed by atoms with E-state index in [9.17, 15) is 9.59 Å². The van der Waals surface area contributed by atoms with E-state index in [0.29, 0.717) is 41.1 Å². The number of nitrogens with zero attached hydrogens (tertiary/aromatic N) is 1. The van der Waals surface area contributed by atoms with Crippen LogP contribution in [-0.2, 0) is 9.53 Å². The molecule has 31 heavy (non-hydrogen) atoms. The molecule has 7 nitrogen and oxygen atoms in total. The van der Waals surface area contributed by atoms with Crippen molar-refractivity contribution in [1.82, 2.24) is 4.90 Å². The van der Waals surface area contributed by atoms with Crippen LogP contribution in [0.3, 0.4) is 0 Å². The van der Waals surface area contributed by atoms with Crippen molar-refractivity contribution in [2.75, 3.05) is 26.8 Å². The molecule has 0 N–H and O–H groups in total. The first-order valence-electron chi connectivity index (χ1n) is 10.2. The highest BCUT2D eigenvalue weighted by molar-refractivity contribution is 5.83. The van der Waals surface area contributed by atoms with Crippen molar-refractivity contribution >= 4 is 16.9 Å². The Kier molecular flexibility index (Phi) is 5.95. The number of amides is 1. The second-order valence-electron chi connectivity index (χ2n) is 7.71. The van der Waals surface area contributed by atoms with Crippen molar-refractivity contribution in [3.05, 3.63) is 59.0 Å². The van der Waals surface area contributed by atoms with Crippen LogP contribution >= 0.6 is 0 Å². The molecule has 0 bridgehead atoms. The van der Waals surface area contributed by atoms with Gasteiger partial charge in [0, 0.05) is 19.2 Å². The standard InChI is InChI=1S/C24H25NO6/c1-15-11-25(12-16(2)31-15)23(26)14-29-19-8-9-20-22(10-19)30-13-21(24(20)27)17-4-6-18(28-3)7-5-17/h4-10,13,15-16H,11-12,14H2,1-3H3/t15-,16+. The van der Waals surface area contributed by atoms with Crippen molar-refractivity contribution in [2.45, 2.75) is 26.1 Å². The predicted molar refractivity (Wildman–Crippen MR) is 117 cm³/mol. The molecule has 2 heterocycles. The molecule has 0 aliphatic carbocycles. The fourth-order valence-electron chi connectivity index (χ4n) is 3.79. The maximum Gasteiger partial charge on any atom is 0.260 e. The van der Waals surface area contributed by atoms with Gasteiger partial charge in [0.25, 0.3) is 5.91 Å². The minimum atomic E-state index is -0.134. The lowest BCUT2D eigenvalue weighted by atomic mass is 10.1. The van der Waals surface area contributed by atoms with Gasteiger partial charge in [-0.2, -0.15) is 0 Å². The molecule has 1 aromatic heterocycles. The van der Waals surface area contributed by atoms with E-state index in [1.807, 2.05) is 26.0 Å². The number of morpholine rings is 1. The summed E-state index contributed by atoms with van der Waals surface area (Å²) in [5, 5.41) is 0.447. The zero-order valence-electron chi connectivity index (χ0n) is 17.8. The SMILES string of the molecule is COc1ccc(-c2coc3cc(OCC(=O)N4C[C@@H](C)O[C@@H](C)C4)ccc3c2=O)cc1. The highest BCUT2D eigenvalue weighted by atomic mass is 16.5. The van der Waals surface area contributed by atoms with Crippen LogP contribution in [-0.4, -0.2) is 49.8 Å². The second-order valence-corrected chi connectivity index (χ2v) is 7.71. The van der Waals surface area contributed by atoms with Gasteiger partial charge in [-0.25, -0.2) is 0 Å². The summed E-state index contributed by atoms with van der Waals surface area (Å²) in [4.78, 5) is 27.2. The van der Waals surface area contributed by atoms with Crippen molar-refractivity contribution in [3.8, 4) is 22.6 Å². The Morgan fingerprint density at radius 1 is 1.06 bits per heavy atom. The predicted octanol–water partition coefficient (Wildman–Crippen LogP) is 3.48. The molecular formula is C24H25NO6. The Labute approximate surface area is 180 Å². The molecule has 2 atom stereocenters. The fraction of sp³-hybridized carbons (Fsp3) is 0.333. The van der Waals surface area contributed by atoms with Crippen molar-refractivity contribution in [1.29, 1.82) is 0 Å². The molecule has 4 rings (SSSR count). The van der Waals surface area contributed by atoms with Gasteiger partial charge in [0.2, 0.25) is 0 Å². The lowest BCUT2D eigenvalue weighted by Gasteiger charge is -2.35. The Hall–Kier alpha value is -3.32. The minimum absolute atomic E-state index is 0.00235. The molecular weight excluding hydrogens is 398 g/mol. The number of benzene rings is 2. The number of methoxy groups -OCH3 is 1. The Bertz CT molecular complexity index is 1130. The molecule has 2 aromatic carbocycles. The normalized spacial score (nSPS) is 18.7. The number of fused-ring (bicyclic) bond motifs is 1. The first-order chi connectivity index (χ1) is 14.9. The van der Waals surface area contributed by atoms with Crippen LogP contribution < -0.4 is 14.9 Å². The smallest absolute Gasteiger partial charge is 0.260 e. The lowest BCUT2D eigenvalue weighted by molar-refractivity contribution is -0.145. The number of rotatable bonds is 5. The maximum absolute atomic E-state index is 12.9. The summed E-state index contributed by atoms with van der Waals surface area (Å²) in [6.07, 6.45) is 1.45. The molecule has 3 aromatic rings. The Morgan fingerprint density at radius 2 is 1.74 bits per heavy atom. The summed E-state index contributed by atoms with van der Waals surface area (Å²) in [6, 6.07) is 12.2. The topological polar surface area (TPSA) is 78.2 Å². The molecule has 0 spiro atoms. The van der Waals surface area contributed by atoms with E-state index >= 15 is 0 Å². The fourth-order valence-corrected chi connectivity index (χ4v) is 3.79. The van der Waals surface area contributed by atoms with E-state index in [4.69, 9.17) is 18.6 Å². The molecule has 7 heteroatoms. The van der Waals surface area contributed by atoms with Crippen LogP contribution in [0.5, 0.6) is 11.5 Å². The van der Waals surface area contributed by atoms with E-state index in [1.165, 1.54) is 6.26 Å². The zero-order chi connectivity index (χ0) is 22.0. The van der Waals surface area contributed by atoms with Gasteiger partial charge < -0.3 is 23.5 Å². The summed E-state index contributed by atoms with van der Waals surface area (Å²) < 4.78 is 22.2. The van der Waals surface area contributed by atoms with E-state index in [-0.39, 0.29) is 30.2 Å². The van der Waals surface area contributed by atoms with Crippen LogP contribution in [0.25, 0.3) is 22.1 Å². The van der Waals surface area contributed by atoms with Gasteiger partial charge in [0.05, 0.1) is 30.3 Å². The molecule has 1 aliphatic rings. The van der Waals surface area contributed by atoms with Crippen LogP contribution in [0.2, 0.25) is 0 Å². The van der Waals surface area contributed by atoms with E-state index in [2.05, 4.69) is 0 Å². The van der Waals surface area contributed by atoms with E-state index < -0.39 is 0 Å². The number of hydrogen-bond acceptors (Lipinski definition) is 6. The Balaban J connectivity index is 1.49. The molecule has 1 saturated heterocycles. The zero-order valence-corrected chi connectivity index (χ0v) is 17.8. The van der Waals surface area contributed by atoms with Crippen LogP contribution in [0.15, 0.2) is 57.9 Å². The average molecular weight is 423 g/mol.